The first kappa shape index (κ1) is 17.8. The summed E-state index contributed by atoms with van der Waals surface area (Å²) in [6.45, 7) is 3.52. The Hall–Kier alpha value is -2.59. The Morgan fingerprint density at radius 3 is 2.75 bits per heavy atom. The highest BCUT2D eigenvalue weighted by Gasteiger charge is 2.18. The van der Waals surface area contributed by atoms with Crippen LogP contribution in [0.1, 0.15) is 19.0 Å². The van der Waals surface area contributed by atoms with E-state index in [1.165, 1.54) is 13.0 Å². The highest BCUT2D eigenvalue weighted by molar-refractivity contribution is 6.32. The van der Waals surface area contributed by atoms with Gasteiger partial charge >= 0.3 is 5.69 Å². The largest absolute Gasteiger partial charge is 0.479 e. The SMILES string of the molecule is C#CCOc1cc(-n2c(=O)c(C)nn(CCC)c2=O)c(F)cc1Cl. The third kappa shape index (κ3) is 3.34. The molecule has 0 saturated heterocycles. The molecule has 2 aromatic rings. The first-order valence-corrected chi connectivity index (χ1v) is 7.55. The van der Waals surface area contributed by atoms with Gasteiger partial charge in [-0.05, 0) is 19.4 Å². The second-order valence-electron chi connectivity index (χ2n) is 4.96. The van der Waals surface area contributed by atoms with Gasteiger partial charge in [-0.1, -0.05) is 24.4 Å². The number of hydrogen-bond donors (Lipinski definition) is 0. The van der Waals surface area contributed by atoms with E-state index >= 15 is 0 Å². The van der Waals surface area contributed by atoms with Crippen LogP contribution in [-0.4, -0.2) is 21.0 Å². The Balaban J connectivity index is 2.74. The average Bonchev–Trinajstić information content (AvgIpc) is 2.53. The molecule has 1 aromatic carbocycles. The van der Waals surface area contributed by atoms with Crippen LogP contribution in [0.15, 0.2) is 21.7 Å². The maximum atomic E-state index is 14.3. The van der Waals surface area contributed by atoms with Gasteiger partial charge in [-0.15, -0.1) is 6.42 Å². The van der Waals surface area contributed by atoms with E-state index in [0.717, 1.165) is 10.7 Å². The highest BCUT2D eigenvalue weighted by atomic mass is 35.5. The van der Waals surface area contributed by atoms with Gasteiger partial charge in [-0.25, -0.2) is 18.4 Å². The van der Waals surface area contributed by atoms with Crippen molar-refractivity contribution in [3.05, 3.63) is 49.5 Å². The highest BCUT2D eigenvalue weighted by Crippen LogP contribution is 2.28. The van der Waals surface area contributed by atoms with Gasteiger partial charge in [0.25, 0.3) is 5.56 Å². The molecule has 2 rings (SSSR count). The third-order valence-electron chi connectivity index (χ3n) is 3.18. The van der Waals surface area contributed by atoms with Crippen molar-refractivity contribution in [1.82, 2.24) is 14.3 Å². The van der Waals surface area contributed by atoms with E-state index < -0.39 is 17.1 Å². The van der Waals surface area contributed by atoms with Crippen LogP contribution in [0.3, 0.4) is 0 Å². The first-order chi connectivity index (χ1) is 11.4. The normalized spacial score (nSPS) is 10.5. The predicted molar refractivity (Wildman–Crippen MR) is 88.4 cm³/mol. The fourth-order valence-electron chi connectivity index (χ4n) is 2.12. The molecule has 0 atom stereocenters. The van der Waals surface area contributed by atoms with E-state index in [-0.39, 0.29) is 28.8 Å². The molecule has 0 unspecified atom stereocenters. The molecule has 1 heterocycles. The average molecular weight is 352 g/mol. The van der Waals surface area contributed by atoms with E-state index in [4.69, 9.17) is 22.8 Å². The van der Waals surface area contributed by atoms with Crippen LogP contribution in [-0.2, 0) is 6.54 Å². The fraction of sp³-hybridized carbons (Fsp3) is 0.312. The summed E-state index contributed by atoms with van der Waals surface area (Å²) >= 11 is 5.90. The van der Waals surface area contributed by atoms with Crippen LogP contribution < -0.4 is 16.0 Å². The molecule has 8 heteroatoms. The zero-order chi connectivity index (χ0) is 17.9. The van der Waals surface area contributed by atoms with E-state index in [2.05, 4.69) is 11.0 Å². The predicted octanol–water partition coefficient (Wildman–Crippen LogP) is 1.92. The number of ether oxygens (including phenoxy) is 1. The Kier molecular flexibility index (Phi) is 5.42. The molecule has 0 amide bonds. The van der Waals surface area contributed by atoms with Gasteiger partial charge in [0, 0.05) is 12.6 Å². The maximum absolute atomic E-state index is 14.3. The molecule has 0 fully saturated rings. The minimum Gasteiger partial charge on any atom is -0.479 e. The Morgan fingerprint density at radius 1 is 1.42 bits per heavy atom. The molecule has 0 N–H and O–H groups in total. The van der Waals surface area contributed by atoms with Crippen molar-refractivity contribution >= 4 is 11.6 Å². The molecule has 1 aromatic heterocycles. The summed E-state index contributed by atoms with van der Waals surface area (Å²) < 4.78 is 21.4. The smallest absolute Gasteiger partial charge is 0.352 e. The molecular formula is C16H15ClFN3O3. The van der Waals surface area contributed by atoms with Crippen LogP contribution in [0.5, 0.6) is 5.75 Å². The van der Waals surface area contributed by atoms with Crippen LogP contribution in [0.25, 0.3) is 5.69 Å². The van der Waals surface area contributed by atoms with E-state index in [0.29, 0.717) is 17.5 Å². The van der Waals surface area contributed by atoms with Crippen molar-refractivity contribution < 1.29 is 9.13 Å². The summed E-state index contributed by atoms with van der Waals surface area (Å²) in [4.78, 5) is 24.8. The van der Waals surface area contributed by atoms with Gasteiger partial charge in [-0.3, -0.25) is 4.79 Å². The summed E-state index contributed by atoms with van der Waals surface area (Å²) in [5, 5.41) is 3.92. The lowest BCUT2D eigenvalue weighted by atomic mass is 10.2. The molecule has 126 valence electrons. The number of aromatic nitrogens is 3. The molecule has 0 bridgehead atoms. The lowest BCUT2D eigenvalue weighted by Crippen LogP contribution is -2.42. The fourth-order valence-corrected chi connectivity index (χ4v) is 2.33. The summed E-state index contributed by atoms with van der Waals surface area (Å²) in [6.07, 6.45) is 5.75. The zero-order valence-electron chi connectivity index (χ0n) is 13.2. The van der Waals surface area contributed by atoms with Crippen molar-refractivity contribution in [2.24, 2.45) is 0 Å². The van der Waals surface area contributed by atoms with Gasteiger partial charge < -0.3 is 4.74 Å². The number of nitrogens with zero attached hydrogens (tertiary/aromatic N) is 3. The lowest BCUT2D eigenvalue weighted by Gasteiger charge is -2.13. The van der Waals surface area contributed by atoms with E-state index in [1.54, 1.807) is 0 Å². The number of benzene rings is 1. The first-order valence-electron chi connectivity index (χ1n) is 7.17. The summed E-state index contributed by atoms with van der Waals surface area (Å²) in [7, 11) is 0. The standard InChI is InChI=1S/C16H15ClFN3O3/c1-4-6-20-16(23)21(15(22)10(3)19-20)13-9-14(24-7-5-2)11(17)8-12(13)18/h2,8-9H,4,6-7H2,1,3H3. The van der Waals surface area contributed by atoms with E-state index in [9.17, 15) is 14.0 Å². The minimum absolute atomic E-state index is 0.0146. The van der Waals surface area contributed by atoms with Gasteiger partial charge in [0.1, 0.15) is 23.9 Å². The maximum Gasteiger partial charge on any atom is 0.352 e. The summed E-state index contributed by atoms with van der Waals surface area (Å²) in [5.74, 6) is 1.50. The molecule has 6 nitrogen and oxygen atoms in total. The second kappa shape index (κ2) is 7.32. The number of hydrogen-bond acceptors (Lipinski definition) is 4. The second-order valence-corrected chi connectivity index (χ2v) is 5.37. The molecular weight excluding hydrogens is 337 g/mol. The number of rotatable bonds is 5. The van der Waals surface area contributed by atoms with E-state index in [1.807, 2.05) is 6.92 Å². The number of terminal acetylenes is 1. The third-order valence-corrected chi connectivity index (χ3v) is 3.48. The van der Waals surface area contributed by atoms with Crippen molar-refractivity contribution in [1.29, 1.82) is 0 Å². The molecule has 0 aliphatic heterocycles. The minimum atomic E-state index is -0.832. The van der Waals surface area contributed by atoms with Gasteiger partial charge in [0.2, 0.25) is 0 Å². The van der Waals surface area contributed by atoms with Crippen LogP contribution >= 0.6 is 11.6 Å². The Bertz CT molecular complexity index is 928. The van der Waals surface area contributed by atoms with Crippen LogP contribution in [0.2, 0.25) is 5.02 Å². The van der Waals surface area contributed by atoms with Crippen LogP contribution in [0, 0.1) is 25.1 Å². The zero-order valence-corrected chi connectivity index (χ0v) is 13.9. The molecule has 24 heavy (non-hydrogen) atoms. The number of aryl methyl sites for hydroxylation is 2. The molecule has 0 saturated carbocycles. The molecule has 0 aliphatic carbocycles. The molecule has 0 radical (unpaired) electrons. The van der Waals surface area contributed by atoms with Gasteiger partial charge in [0.05, 0.1) is 10.7 Å². The monoisotopic (exact) mass is 351 g/mol. The number of halogens is 2. The molecule has 0 aliphatic rings. The molecule has 0 spiro atoms. The Labute approximate surface area is 142 Å². The van der Waals surface area contributed by atoms with Crippen molar-refractivity contribution in [3.8, 4) is 23.8 Å². The van der Waals surface area contributed by atoms with Gasteiger partial charge in [0.15, 0.2) is 0 Å². The Morgan fingerprint density at radius 2 is 2.12 bits per heavy atom. The quantitative estimate of drug-likeness (QED) is 0.772. The van der Waals surface area contributed by atoms with Gasteiger partial charge in [-0.2, -0.15) is 5.10 Å². The van der Waals surface area contributed by atoms with Crippen molar-refractivity contribution in [2.75, 3.05) is 6.61 Å². The summed E-state index contributed by atoms with van der Waals surface area (Å²) in [5.41, 5.74) is -1.65. The van der Waals surface area contributed by atoms with Crippen molar-refractivity contribution in [2.45, 2.75) is 26.8 Å². The van der Waals surface area contributed by atoms with Crippen molar-refractivity contribution in [3.63, 3.8) is 0 Å². The summed E-state index contributed by atoms with van der Waals surface area (Å²) in [6, 6.07) is 2.14. The van der Waals surface area contributed by atoms with Crippen LogP contribution in [0.4, 0.5) is 4.39 Å². The topological polar surface area (TPSA) is 66.1 Å². The lowest BCUT2D eigenvalue weighted by molar-refractivity contribution is 0.369.